The molecule has 0 aliphatic carbocycles. The van der Waals surface area contributed by atoms with Gasteiger partial charge in [-0.15, -0.1) is 11.3 Å². The molecule has 2 N–H and O–H groups in total. The number of thiazole rings is 1. The summed E-state index contributed by atoms with van der Waals surface area (Å²) in [6, 6.07) is 0. The molecule has 0 radical (unpaired) electrons. The molecule has 106 valence electrons. The summed E-state index contributed by atoms with van der Waals surface area (Å²) in [7, 11) is -3.49. The Labute approximate surface area is 115 Å². The van der Waals surface area contributed by atoms with Gasteiger partial charge >= 0.3 is 5.97 Å². The highest BCUT2D eigenvalue weighted by Crippen LogP contribution is 2.14. The van der Waals surface area contributed by atoms with E-state index in [0.717, 1.165) is 30.6 Å². The molecule has 2 rings (SSSR count). The van der Waals surface area contributed by atoms with Gasteiger partial charge in [0.15, 0.2) is 5.69 Å². The van der Waals surface area contributed by atoms with Gasteiger partial charge in [-0.3, -0.25) is 0 Å². The number of piperidine rings is 1. The minimum atomic E-state index is -3.49. The van der Waals surface area contributed by atoms with Crippen LogP contribution in [-0.4, -0.2) is 41.9 Å². The topological polar surface area (TPSA) is 99.6 Å². The first-order valence-electron chi connectivity index (χ1n) is 5.91. The molecule has 0 unspecified atom stereocenters. The van der Waals surface area contributed by atoms with E-state index in [1.807, 2.05) is 0 Å². The molecule has 9 heteroatoms. The van der Waals surface area contributed by atoms with E-state index in [0.29, 0.717) is 18.1 Å². The zero-order valence-corrected chi connectivity index (χ0v) is 11.8. The second-order valence-corrected chi connectivity index (χ2v) is 6.92. The highest BCUT2D eigenvalue weighted by molar-refractivity contribution is 7.87. The van der Waals surface area contributed by atoms with E-state index in [1.54, 1.807) is 0 Å². The summed E-state index contributed by atoms with van der Waals surface area (Å²) < 4.78 is 27.8. The largest absolute Gasteiger partial charge is 0.476 e. The van der Waals surface area contributed by atoms with E-state index < -0.39 is 16.2 Å². The van der Waals surface area contributed by atoms with Crippen molar-refractivity contribution in [3.05, 3.63) is 16.1 Å². The van der Waals surface area contributed by atoms with E-state index in [9.17, 15) is 13.2 Å². The van der Waals surface area contributed by atoms with Crippen molar-refractivity contribution >= 4 is 27.5 Å². The van der Waals surface area contributed by atoms with Gasteiger partial charge in [0.05, 0.1) is 6.54 Å². The van der Waals surface area contributed by atoms with Crippen molar-refractivity contribution in [2.24, 2.45) is 0 Å². The average molecular weight is 305 g/mol. The molecule has 1 saturated heterocycles. The Bertz CT molecular complexity index is 549. The van der Waals surface area contributed by atoms with Crippen molar-refractivity contribution in [2.45, 2.75) is 25.8 Å². The number of aromatic carboxylic acids is 1. The maximum atomic E-state index is 12.0. The highest BCUT2D eigenvalue weighted by Gasteiger charge is 2.23. The lowest BCUT2D eigenvalue weighted by Gasteiger charge is -2.25. The third-order valence-electron chi connectivity index (χ3n) is 2.83. The molecule has 7 nitrogen and oxygen atoms in total. The van der Waals surface area contributed by atoms with Crippen LogP contribution in [0.2, 0.25) is 0 Å². The number of carbonyl (C=O) groups is 1. The molecule has 0 aromatic carbocycles. The van der Waals surface area contributed by atoms with Crippen LogP contribution in [0.15, 0.2) is 5.38 Å². The van der Waals surface area contributed by atoms with E-state index in [2.05, 4.69) is 9.71 Å². The Morgan fingerprint density at radius 2 is 2.11 bits per heavy atom. The van der Waals surface area contributed by atoms with Gasteiger partial charge in [-0.05, 0) is 12.8 Å². The second-order valence-electron chi connectivity index (χ2n) is 4.22. The second kappa shape index (κ2) is 5.95. The number of hydrogen-bond donors (Lipinski definition) is 2. The van der Waals surface area contributed by atoms with E-state index in [-0.39, 0.29) is 12.2 Å². The summed E-state index contributed by atoms with van der Waals surface area (Å²) in [5.41, 5.74) is -0.0582. The molecule has 0 bridgehead atoms. The summed E-state index contributed by atoms with van der Waals surface area (Å²) in [6.45, 7) is 1.10. The van der Waals surface area contributed by atoms with Gasteiger partial charge < -0.3 is 5.11 Å². The van der Waals surface area contributed by atoms with Crippen LogP contribution in [0.25, 0.3) is 0 Å². The molecular formula is C10H15N3O4S2. The van der Waals surface area contributed by atoms with Crippen LogP contribution >= 0.6 is 11.3 Å². The minimum Gasteiger partial charge on any atom is -0.476 e. The van der Waals surface area contributed by atoms with Gasteiger partial charge in [-0.1, -0.05) is 6.42 Å². The summed E-state index contributed by atoms with van der Waals surface area (Å²) >= 11 is 1.13. The van der Waals surface area contributed by atoms with Crippen LogP contribution < -0.4 is 4.72 Å². The van der Waals surface area contributed by atoms with Crippen LogP contribution in [0.4, 0.5) is 0 Å². The number of aromatic nitrogens is 1. The SMILES string of the molecule is O=C(O)c1csc(CNS(=O)(=O)N2CCCCC2)n1. The van der Waals surface area contributed by atoms with Gasteiger partial charge in [0, 0.05) is 18.5 Å². The Morgan fingerprint density at radius 3 is 2.68 bits per heavy atom. The molecule has 19 heavy (non-hydrogen) atoms. The van der Waals surface area contributed by atoms with E-state index in [4.69, 9.17) is 5.11 Å². The van der Waals surface area contributed by atoms with Crippen LogP contribution in [0, 0.1) is 0 Å². The summed E-state index contributed by atoms with van der Waals surface area (Å²) in [5.74, 6) is -1.11. The number of nitrogens with zero attached hydrogens (tertiary/aromatic N) is 2. The van der Waals surface area contributed by atoms with Crippen molar-refractivity contribution in [1.82, 2.24) is 14.0 Å². The molecule has 1 aromatic heterocycles. The molecule has 1 aromatic rings. The number of hydrogen-bond acceptors (Lipinski definition) is 5. The predicted molar refractivity (Wildman–Crippen MR) is 70.3 cm³/mol. The predicted octanol–water partition coefficient (Wildman–Crippen LogP) is 0.662. The van der Waals surface area contributed by atoms with E-state index in [1.165, 1.54) is 9.69 Å². The lowest BCUT2D eigenvalue weighted by Crippen LogP contribution is -2.43. The van der Waals surface area contributed by atoms with Gasteiger partial charge in [0.2, 0.25) is 0 Å². The quantitative estimate of drug-likeness (QED) is 0.832. The number of rotatable bonds is 5. The monoisotopic (exact) mass is 305 g/mol. The normalized spacial score (nSPS) is 17.5. The van der Waals surface area contributed by atoms with Crippen molar-refractivity contribution < 1.29 is 18.3 Å². The first kappa shape index (κ1) is 14.4. The first-order valence-corrected chi connectivity index (χ1v) is 8.23. The zero-order chi connectivity index (χ0) is 13.9. The van der Waals surface area contributed by atoms with Crippen molar-refractivity contribution in [2.75, 3.05) is 13.1 Å². The minimum absolute atomic E-state index is 0.0246. The van der Waals surface area contributed by atoms with Gasteiger partial charge in [-0.25, -0.2) is 9.78 Å². The van der Waals surface area contributed by atoms with Gasteiger partial charge in [0.1, 0.15) is 5.01 Å². The van der Waals surface area contributed by atoms with Crippen LogP contribution in [0.5, 0.6) is 0 Å². The molecule has 0 atom stereocenters. The molecular weight excluding hydrogens is 290 g/mol. The first-order chi connectivity index (χ1) is 8.99. The van der Waals surface area contributed by atoms with Crippen molar-refractivity contribution in [1.29, 1.82) is 0 Å². The smallest absolute Gasteiger partial charge is 0.355 e. The maximum Gasteiger partial charge on any atom is 0.355 e. The molecule has 0 spiro atoms. The lowest BCUT2D eigenvalue weighted by molar-refractivity contribution is 0.0691. The number of carboxylic acid groups (broad SMARTS) is 1. The molecule has 1 fully saturated rings. The zero-order valence-electron chi connectivity index (χ0n) is 10.2. The fourth-order valence-electron chi connectivity index (χ4n) is 1.84. The average Bonchev–Trinajstić information content (AvgIpc) is 2.87. The number of carboxylic acids is 1. The summed E-state index contributed by atoms with van der Waals surface area (Å²) in [4.78, 5) is 14.5. The molecule has 1 aliphatic rings. The number of nitrogens with one attached hydrogen (secondary N) is 1. The molecule has 2 heterocycles. The third-order valence-corrected chi connectivity index (χ3v) is 5.23. The highest BCUT2D eigenvalue weighted by atomic mass is 32.2. The van der Waals surface area contributed by atoms with Gasteiger partial charge in [0.25, 0.3) is 10.2 Å². The molecule has 0 saturated carbocycles. The van der Waals surface area contributed by atoms with Crippen LogP contribution in [0.3, 0.4) is 0 Å². The van der Waals surface area contributed by atoms with Gasteiger partial charge in [-0.2, -0.15) is 17.4 Å². The van der Waals surface area contributed by atoms with Crippen molar-refractivity contribution in [3.63, 3.8) is 0 Å². The lowest BCUT2D eigenvalue weighted by atomic mass is 10.2. The Morgan fingerprint density at radius 1 is 1.42 bits per heavy atom. The maximum absolute atomic E-state index is 12.0. The Hall–Kier alpha value is -1.03. The van der Waals surface area contributed by atoms with E-state index >= 15 is 0 Å². The summed E-state index contributed by atoms with van der Waals surface area (Å²) in [6.07, 6.45) is 2.81. The van der Waals surface area contributed by atoms with Crippen LogP contribution in [-0.2, 0) is 16.8 Å². The fraction of sp³-hybridized carbons (Fsp3) is 0.600. The van der Waals surface area contributed by atoms with Crippen molar-refractivity contribution in [3.8, 4) is 0 Å². The fourth-order valence-corrected chi connectivity index (χ4v) is 3.88. The molecule has 1 aliphatic heterocycles. The molecule has 0 amide bonds. The Kier molecular flexibility index (Phi) is 4.50. The third kappa shape index (κ3) is 3.72. The summed E-state index contributed by atoms with van der Waals surface area (Å²) in [5, 5.41) is 10.6. The standard InChI is InChI=1S/C10H15N3O4S2/c14-10(15)8-7-18-9(12-8)6-11-19(16,17)13-4-2-1-3-5-13/h7,11H,1-6H2,(H,14,15). The Balaban J connectivity index is 1.94. The van der Waals surface area contributed by atoms with Crippen LogP contribution in [0.1, 0.15) is 34.8 Å².